The highest BCUT2D eigenvalue weighted by Gasteiger charge is 2.40. The fourth-order valence-electron chi connectivity index (χ4n) is 10.1. The Morgan fingerprint density at radius 3 is 1.42 bits per heavy atom. The predicted octanol–water partition coefficient (Wildman–Crippen LogP) is 14.9. The molecule has 92 heavy (non-hydrogen) atoms. The van der Waals surface area contributed by atoms with E-state index in [-0.39, 0.29) is 60.1 Å². The number of benzene rings is 2. The maximum Gasteiger partial charge on any atom is 0.327 e. The number of hydrogen-bond donors (Lipinski definition) is 5. The van der Waals surface area contributed by atoms with E-state index < -0.39 is 48.6 Å². The smallest absolute Gasteiger partial charge is 0.327 e. The predicted molar refractivity (Wildman–Crippen MR) is 380 cm³/mol. The molecular weight excluding hydrogens is 1210 g/mol. The van der Waals surface area contributed by atoms with Crippen LogP contribution in [0.25, 0.3) is 0 Å². The van der Waals surface area contributed by atoms with Gasteiger partial charge in [-0.2, -0.15) is 0 Å². The molecule has 2 aromatic carbocycles. The number of hydrogen-bond acceptors (Lipinski definition) is 12. The Labute approximate surface area is 557 Å². The van der Waals surface area contributed by atoms with Crippen molar-refractivity contribution in [2.75, 3.05) is 26.8 Å². The molecule has 2 aliphatic heterocycles. The van der Waals surface area contributed by atoms with Gasteiger partial charge in [-0.1, -0.05) is 207 Å². The summed E-state index contributed by atoms with van der Waals surface area (Å²) >= 11 is 0. The van der Waals surface area contributed by atoms with Crippen LogP contribution >= 0.6 is 0 Å². The van der Waals surface area contributed by atoms with Crippen LogP contribution in [0.15, 0.2) is 73.1 Å². The fraction of sp³-hybridized carbons (Fsp3) is 0.690. The molecule has 4 rings (SSSR count). The quantitative estimate of drug-likeness (QED) is 0.0235. The first kappa shape index (κ1) is 82.9. The average molecular weight is 1340 g/mol. The minimum atomic E-state index is -1.96. The number of ether oxygens (including phenoxy) is 4. The minimum absolute atomic E-state index is 0.0596. The maximum atomic E-state index is 13.6. The highest BCUT2D eigenvalue weighted by atomic mass is 28.4. The van der Waals surface area contributed by atoms with Gasteiger partial charge in [-0.25, -0.2) is 4.79 Å². The van der Waals surface area contributed by atoms with E-state index in [1.807, 2.05) is 19.1 Å². The Hall–Kier alpha value is -5.17. The summed E-state index contributed by atoms with van der Waals surface area (Å²) in [6.07, 6.45) is 28.5. The van der Waals surface area contributed by atoms with Crippen LogP contribution in [0.2, 0.25) is 69.5 Å². The SMILES string of the molecule is CCCCCC[C@@H](N)CCCCC[C@@H](O[Si](C)(C)C(C)(C)C)C(N)=O.CCCCCC[C@H](CCCCC[C@@H](C)C(N)=O)NC(=O)[C@@H]1CC=CN1C(=O)c1ccccc1OCOCC[Si](C)(C)C.C[Si](C)(C)CCOCOc1ccccc1C(=O)N1C=CC[C@H]1C(=O)O. The van der Waals surface area contributed by atoms with Crippen LogP contribution < -0.4 is 32.0 Å². The topological polar surface area (TPSA) is 265 Å². The highest BCUT2D eigenvalue weighted by Crippen LogP contribution is 2.38. The lowest BCUT2D eigenvalue weighted by molar-refractivity contribution is -0.141. The molecule has 8 N–H and O–H groups in total. The number of primary amides is 2. The molecule has 0 saturated carbocycles. The molecule has 0 radical (unpaired) electrons. The van der Waals surface area contributed by atoms with E-state index in [1.54, 1.807) is 54.7 Å². The lowest BCUT2D eigenvalue weighted by Crippen LogP contribution is -2.48. The van der Waals surface area contributed by atoms with Crippen molar-refractivity contribution in [2.24, 2.45) is 23.1 Å². The van der Waals surface area contributed by atoms with Crippen LogP contribution in [0.1, 0.15) is 204 Å². The summed E-state index contributed by atoms with van der Waals surface area (Å²) in [4.78, 5) is 76.9. The molecule has 2 aliphatic rings. The molecule has 21 heteroatoms. The summed E-state index contributed by atoms with van der Waals surface area (Å²) in [6, 6.07) is 14.9. The van der Waals surface area contributed by atoms with Crippen molar-refractivity contribution in [1.82, 2.24) is 15.1 Å². The van der Waals surface area contributed by atoms with Crippen LogP contribution in [0.5, 0.6) is 11.5 Å². The molecule has 0 spiro atoms. The molecule has 522 valence electrons. The second-order valence-electron chi connectivity index (χ2n) is 29.0. The number of carbonyl (C=O) groups is 6. The van der Waals surface area contributed by atoms with Gasteiger partial charge in [0.05, 0.1) is 11.1 Å². The Bertz CT molecular complexity index is 2550. The van der Waals surface area contributed by atoms with E-state index in [0.717, 1.165) is 108 Å². The number of carboxylic acids is 1. The molecular formula is C71H124N6O12Si3. The lowest BCUT2D eigenvalue weighted by atomic mass is 9.98. The monoisotopic (exact) mass is 1340 g/mol. The van der Waals surface area contributed by atoms with E-state index >= 15 is 0 Å². The summed E-state index contributed by atoms with van der Waals surface area (Å²) in [5, 5.41) is 12.6. The van der Waals surface area contributed by atoms with Crippen molar-refractivity contribution in [1.29, 1.82) is 0 Å². The number of rotatable bonds is 43. The van der Waals surface area contributed by atoms with Gasteiger partial charge >= 0.3 is 5.97 Å². The van der Waals surface area contributed by atoms with E-state index in [9.17, 15) is 33.9 Å². The molecule has 2 aromatic rings. The van der Waals surface area contributed by atoms with Gasteiger partial charge in [0.2, 0.25) is 17.7 Å². The zero-order valence-corrected chi connectivity index (χ0v) is 62.3. The van der Waals surface area contributed by atoms with E-state index in [4.69, 9.17) is 40.6 Å². The number of aliphatic carboxylic acids is 1. The van der Waals surface area contributed by atoms with Gasteiger partial charge in [-0.05, 0) is 106 Å². The molecule has 0 saturated heterocycles. The Morgan fingerprint density at radius 1 is 0.587 bits per heavy atom. The standard InChI is InChI=1S/C33H55N3O5Si.C20H44N2O2Si.C18H25NO5Si/c1-6-7-8-11-17-27(18-12-9-10-16-26(2)31(34)37)35-32(38)29-20-15-22-36(29)33(39)28-19-13-14-21-30(28)41-25-40-23-24-42(3,4)5;1-7-8-9-11-14-17(21)15-12-10-13-16-18(19(22)23)24-25(5,6)20(2,3)4;1-25(2,3)12-11-23-13-24-16-9-5-4-7-14(16)17(20)19-10-6-8-15(19)18(21)22/h13-15,19,21-22,26-27,29H,6-12,16-18,20,23-25H2,1-5H3,(H2,34,37)(H,35,38);17-18H,7-16,21H2,1-6H3,(H2,22,23);4-7,9-10,15H,8,11-13H2,1-3H3,(H,21,22)/t26-,27-,29+;17-,18-;15-/m110/s1. The second kappa shape index (κ2) is 43.7. The molecule has 2 heterocycles. The highest BCUT2D eigenvalue weighted by molar-refractivity contribution is 6.76. The van der Waals surface area contributed by atoms with Crippen molar-refractivity contribution in [3.8, 4) is 11.5 Å². The number of nitrogens with two attached hydrogens (primary N) is 3. The van der Waals surface area contributed by atoms with Crippen LogP contribution in [0.4, 0.5) is 0 Å². The van der Waals surface area contributed by atoms with Gasteiger partial charge in [0.25, 0.3) is 11.8 Å². The molecule has 0 unspecified atom stereocenters. The molecule has 18 nitrogen and oxygen atoms in total. The van der Waals surface area contributed by atoms with Gasteiger partial charge in [-0.15, -0.1) is 0 Å². The van der Waals surface area contributed by atoms with E-state index in [0.29, 0.717) is 54.7 Å². The van der Waals surface area contributed by atoms with Crippen LogP contribution in [0.3, 0.4) is 0 Å². The van der Waals surface area contributed by atoms with Gasteiger partial charge in [-0.3, -0.25) is 24.0 Å². The summed E-state index contributed by atoms with van der Waals surface area (Å²) in [5.74, 6) is -1.62. The number of carboxylic acid groups (broad SMARTS) is 1. The number of carbonyl (C=O) groups excluding carboxylic acids is 5. The Balaban J connectivity index is 0.000000498. The Morgan fingerprint density at radius 2 is 1.00 bits per heavy atom. The molecule has 0 aliphatic carbocycles. The normalized spacial score (nSPS) is 16.2. The number of amides is 5. The molecule has 5 amide bonds. The van der Waals surface area contributed by atoms with Crippen molar-refractivity contribution in [3.05, 3.63) is 84.2 Å². The first-order valence-electron chi connectivity index (χ1n) is 34.5. The number of nitrogens with zero attached hydrogens (tertiary/aromatic N) is 2. The average Bonchev–Trinajstić information content (AvgIpc) is 1.58. The van der Waals surface area contributed by atoms with Crippen molar-refractivity contribution >= 4 is 60.0 Å². The van der Waals surface area contributed by atoms with Crippen LogP contribution in [-0.4, -0.2) is 132 Å². The van der Waals surface area contributed by atoms with Gasteiger partial charge in [0.1, 0.15) is 29.7 Å². The minimum Gasteiger partial charge on any atom is -0.480 e. The fourth-order valence-corrected chi connectivity index (χ4v) is 12.9. The van der Waals surface area contributed by atoms with E-state index in [2.05, 4.69) is 92.3 Å². The summed E-state index contributed by atoms with van der Waals surface area (Å²) < 4.78 is 28.8. The molecule has 0 aromatic heterocycles. The van der Waals surface area contributed by atoms with Crippen molar-refractivity contribution in [2.45, 2.75) is 283 Å². The van der Waals surface area contributed by atoms with Gasteiger partial charge < -0.3 is 60.8 Å². The zero-order chi connectivity index (χ0) is 68.9. The molecule has 0 fully saturated rings. The molecule has 6 atom stereocenters. The second-order valence-corrected chi connectivity index (χ2v) is 45.0. The summed E-state index contributed by atoms with van der Waals surface area (Å²) in [6.45, 7) is 32.3. The van der Waals surface area contributed by atoms with E-state index in [1.165, 1.54) is 48.1 Å². The number of nitrogens with one attached hydrogen (secondary N) is 1. The lowest BCUT2D eigenvalue weighted by Gasteiger charge is -2.38. The summed E-state index contributed by atoms with van der Waals surface area (Å²) in [7, 11) is -4.31. The molecule has 0 bridgehead atoms. The third-order valence-electron chi connectivity index (χ3n) is 17.3. The van der Waals surface area contributed by atoms with Crippen molar-refractivity contribution in [3.63, 3.8) is 0 Å². The van der Waals surface area contributed by atoms with Gasteiger partial charge in [0, 0.05) is 59.8 Å². The Kier molecular flexibility index (Phi) is 39.4. The van der Waals surface area contributed by atoms with Crippen molar-refractivity contribution < 1.29 is 57.2 Å². The summed E-state index contributed by atoms with van der Waals surface area (Å²) in [5.41, 5.74) is 17.9. The van der Waals surface area contributed by atoms with Gasteiger partial charge in [0.15, 0.2) is 21.9 Å². The zero-order valence-electron chi connectivity index (χ0n) is 59.3. The third kappa shape index (κ3) is 33.8. The third-order valence-corrected chi connectivity index (χ3v) is 25.2. The first-order valence-corrected chi connectivity index (χ1v) is 44.8. The number of para-hydroxylation sites is 2. The van der Waals surface area contributed by atoms with Crippen LogP contribution in [0, 0.1) is 5.92 Å². The number of unbranched alkanes of at least 4 members (excludes halogenated alkanes) is 10. The largest absolute Gasteiger partial charge is 0.480 e. The maximum absolute atomic E-state index is 13.6. The first-order chi connectivity index (χ1) is 43.3. The van der Waals surface area contributed by atoms with Crippen LogP contribution in [-0.2, 0) is 33.1 Å².